The second kappa shape index (κ2) is 8.96. The molecule has 98 valence electrons. The van der Waals surface area contributed by atoms with Crippen LogP contribution in [0, 0.1) is 5.92 Å². The quantitative estimate of drug-likeness (QED) is 0.844. The van der Waals surface area contributed by atoms with Crippen molar-refractivity contribution in [1.29, 1.82) is 0 Å². The van der Waals surface area contributed by atoms with Gasteiger partial charge in [-0.05, 0) is 47.7 Å². The summed E-state index contributed by atoms with van der Waals surface area (Å²) in [7, 11) is 0. The van der Waals surface area contributed by atoms with Crippen LogP contribution in [0.15, 0.2) is 16.8 Å². The van der Waals surface area contributed by atoms with Crippen LogP contribution in [0.3, 0.4) is 0 Å². The Morgan fingerprint density at radius 2 is 1.82 bits per heavy atom. The van der Waals surface area contributed by atoms with Crippen LogP contribution in [-0.2, 0) is 6.54 Å². The SMILES string of the molecule is Cl.c1cc(CNCC2CCCCCCC2)cs1. The highest BCUT2D eigenvalue weighted by molar-refractivity contribution is 7.07. The Kier molecular flexibility index (Phi) is 7.91. The summed E-state index contributed by atoms with van der Waals surface area (Å²) in [5, 5.41) is 8.01. The van der Waals surface area contributed by atoms with Gasteiger partial charge in [0, 0.05) is 6.54 Å². The van der Waals surface area contributed by atoms with Gasteiger partial charge in [-0.1, -0.05) is 32.1 Å². The molecule has 0 aromatic carbocycles. The second-order valence-corrected chi connectivity index (χ2v) is 5.75. The summed E-state index contributed by atoms with van der Waals surface area (Å²) in [6.45, 7) is 2.27. The summed E-state index contributed by atoms with van der Waals surface area (Å²) < 4.78 is 0. The van der Waals surface area contributed by atoms with Crippen LogP contribution in [0.1, 0.15) is 50.5 Å². The van der Waals surface area contributed by atoms with Gasteiger partial charge in [-0.15, -0.1) is 12.4 Å². The van der Waals surface area contributed by atoms with Crippen LogP contribution in [0.4, 0.5) is 0 Å². The Hall–Kier alpha value is -0.0500. The lowest BCUT2D eigenvalue weighted by Gasteiger charge is -2.19. The minimum Gasteiger partial charge on any atom is -0.312 e. The Labute approximate surface area is 115 Å². The molecule has 1 N–H and O–H groups in total. The van der Waals surface area contributed by atoms with Gasteiger partial charge in [0.2, 0.25) is 0 Å². The largest absolute Gasteiger partial charge is 0.312 e. The first-order valence-corrected chi connectivity index (χ1v) is 7.61. The van der Waals surface area contributed by atoms with Gasteiger partial charge in [-0.2, -0.15) is 11.3 Å². The van der Waals surface area contributed by atoms with Gasteiger partial charge in [0.1, 0.15) is 0 Å². The van der Waals surface area contributed by atoms with Gasteiger partial charge in [0.15, 0.2) is 0 Å². The van der Waals surface area contributed by atoms with Crippen LogP contribution in [-0.4, -0.2) is 6.54 Å². The van der Waals surface area contributed by atoms with Crippen molar-refractivity contribution in [3.05, 3.63) is 22.4 Å². The average Bonchev–Trinajstić information content (AvgIpc) is 2.73. The van der Waals surface area contributed by atoms with Crippen molar-refractivity contribution in [2.24, 2.45) is 5.92 Å². The van der Waals surface area contributed by atoms with E-state index in [1.54, 1.807) is 11.3 Å². The maximum absolute atomic E-state index is 3.61. The van der Waals surface area contributed by atoms with Crippen molar-refractivity contribution in [1.82, 2.24) is 5.32 Å². The number of thiophene rings is 1. The molecule has 0 aliphatic heterocycles. The molecule has 1 heterocycles. The summed E-state index contributed by atoms with van der Waals surface area (Å²) in [6.07, 6.45) is 10.2. The molecule has 0 spiro atoms. The highest BCUT2D eigenvalue weighted by Gasteiger charge is 2.10. The summed E-state index contributed by atoms with van der Waals surface area (Å²) in [5.74, 6) is 0.930. The lowest BCUT2D eigenvalue weighted by atomic mass is 9.91. The monoisotopic (exact) mass is 273 g/mol. The van der Waals surface area contributed by atoms with E-state index in [2.05, 4.69) is 22.1 Å². The fraction of sp³-hybridized carbons (Fsp3) is 0.714. The molecule has 1 aliphatic rings. The van der Waals surface area contributed by atoms with Gasteiger partial charge in [-0.25, -0.2) is 0 Å². The van der Waals surface area contributed by atoms with Gasteiger partial charge in [-0.3, -0.25) is 0 Å². The molecule has 0 atom stereocenters. The zero-order valence-corrected chi connectivity index (χ0v) is 12.1. The second-order valence-electron chi connectivity index (χ2n) is 4.97. The third-order valence-corrected chi connectivity index (χ3v) is 4.30. The van der Waals surface area contributed by atoms with Crippen molar-refractivity contribution in [2.45, 2.75) is 51.5 Å². The predicted octanol–water partition coefficient (Wildman–Crippen LogP) is 4.62. The summed E-state index contributed by atoms with van der Waals surface area (Å²) in [6, 6.07) is 2.22. The lowest BCUT2D eigenvalue weighted by molar-refractivity contribution is 0.361. The number of hydrogen-bond acceptors (Lipinski definition) is 2. The zero-order chi connectivity index (χ0) is 11.1. The third-order valence-electron chi connectivity index (χ3n) is 3.57. The molecule has 1 aromatic heterocycles. The van der Waals surface area contributed by atoms with Crippen LogP contribution in [0.25, 0.3) is 0 Å². The fourth-order valence-corrected chi connectivity index (χ4v) is 3.23. The van der Waals surface area contributed by atoms with E-state index in [1.165, 1.54) is 57.1 Å². The van der Waals surface area contributed by atoms with Crippen LogP contribution in [0.2, 0.25) is 0 Å². The molecule has 17 heavy (non-hydrogen) atoms. The molecular formula is C14H24ClNS. The molecule has 3 heteroatoms. The first-order chi connectivity index (χ1) is 7.95. The van der Waals surface area contributed by atoms with Crippen LogP contribution in [0.5, 0.6) is 0 Å². The first-order valence-electron chi connectivity index (χ1n) is 6.67. The summed E-state index contributed by atoms with van der Waals surface area (Å²) in [4.78, 5) is 0. The fourth-order valence-electron chi connectivity index (χ4n) is 2.56. The first kappa shape index (κ1) is 15.0. The molecule has 1 aromatic rings. The van der Waals surface area contributed by atoms with Crippen molar-refractivity contribution in [2.75, 3.05) is 6.54 Å². The van der Waals surface area contributed by atoms with E-state index in [9.17, 15) is 0 Å². The maximum atomic E-state index is 3.61. The van der Waals surface area contributed by atoms with E-state index >= 15 is 0 Å². The van der Waals surface area contributed by atoms with Crippen molar-refractivity contribution in [3.8, 4) is 0 Å². The third kappa shape index (κ3) is 5.89. The molecule has 0 saturated heterocycles. The van der Waals surface area contributed by atoms with Gasteiger partial charge >= 0.3 is 0 Å². The van der Waals surface area contributed by atoms with Crippen molar-refractivity contribution in [3.63, 3.8) is 0 Å². The Morgan fingerprint density at radius 3 is 2.47 bits per heavy atom. The van der Waals surface area contributed by atoms with E-state index in [-0.39, 0.29) is 12.4 Å². The van der Waals surface area contributed by atoms with E-state index in [0.29, 0.717) is 0 Å². The van der Waals surface area contributed by atoms with Crippen molar-refractivity contribution < 1.29 is 0 Å². The van der Waals surface area contributed by atoms with Crippen LogP contribution >= 0.6 is 23.7 Å². The summed E-state index contributed by atoms with van der Waals surface area (Å²) in [5.41, 5.74) is 1.44. The number of nitrogens with one attached hydrogen (secondary N) is 1. The van der Waals surface area contributed by atoms with Gasteiger partial charge in [0.05, 0.1) is 0 Å². The van der Waals surface area contributed by atoms with E-state index < -0.39 is 0 Å². The molecule has 1 aliphatic carbocycles. The zero-order valence-electron chi connectivity index (χ0n) is 10.5. The number of halogens is 1. The van der Waals surface area contributed by atoms with E-state index in [0.717, 1.165) is 12.5 Å². The summed E-state index contributed by atoms with van der Waals surface area (Å²) >= 11 is 1.79. The molecule has 1 saturated carbocycles. The lowest BCUT2D eigenvalue weighted by Crippen LogP contribution is -2.23. The molecule has 0 radical (unpaired) electrons. The van der Waals surface area contributed by atoms with Crippen LogP contribution < -0.4 is 5.32 Å². The normalized spacial score (nSPS) is 18.1. The van der Waals surface area contributed by atoms with Gasteiger partial charge < -0.3 is 5.32 Å². The predicted molar refractivity (Wildman–Crippen MR) is 79.1 cm³/mol. The highest BCUT2D eigenvalue weighted by atomic mass is 35.5. The maximum Gasteiger partial charge on any atom is 0.0213 e. The minimum absolute atomic E-state index is 0. The molecule has 2 rings (SSSR count). The molecular weight excluding hydrogens is 250 g/mol. The Bertz CT molecular complexity index is 266. The minimum atomic E-state index is 0. The standard InChI is InChI=1S/C14H23NS.ClH/c1-2-4-6-13(7-5-3-1)10-15-11-14-8-9-16-12-14;/h8-9,12-13,15H,1-7,10-11H2;1H. The molecule has 0 amide bonds. The van der Waals surface area contributed by atoms with E-state index in [1.807, 2.05) is 0 Å². The van der Waals surface area contributed by atoms with Crippen molar-refractivity contribution >= 4 is 23.7 Å². The Morgan fingerprint density at radius 1 is 1.12 bits per heavy atom. The molecule has 0 bridgehead atoms. The van der Waals surface area contributed by atoms with E-state index in [4.69, 9.17) is 0 Å². The molecule has 0 unspecified atom stereocenters. The molecule has 1 fully saturated rings. The van der Waals surface area contributed by atoms with Gasteiger partial charge in [0.25, 0.3) is 0 Å². The smallest absolute Gasteiger partial charge is 0.0213 e. The topological polar surface area (TPSA) is 12.0 Å². The highest BCUT2D eigenvalue weighted by Crippen LogP contribution is 2.21. The number of rotatable bonds is 4. The number of hydrogen-bond donors (Lipinski definition) is 1. The average molecular weight is 274 g/mol. The molecule has 1 nitrogen and oxygen atoms in total. The Balaban J connectivity index is 0.00000144.